The molecule has 0 aromatic heterocycles. The molecule has 1 amide bonds. The van der Waals surface area contributed by atoms with Crippen LogP contribution in [0.3, 0.4) is 0 Å². The van der Waals surface area contributed by atoms with Crippen molar-refractivity contribution in [1.29, 1.82) is 0 Å². The van der Waals surface area contributed by atoms with Gasteiger partial charge in [-0.2, -0.15) is 0 Å². The normalized spacial score (nSPS) is 34.5. The van der Waals surface area contributed by atoms with E-state index in [1.807, 2.05) is 6.92 Å². The van der Waals surface area contributed by atoms with Crippen LogP contribution < -0.4 is 11.5 Å². The highest BCUT2D eigenvalue weighted by atomic mass is 16.5. The van der Waals surface area contributed by atoms with Crippen molar-refractivity contribution in [1.82, 2.24) is 0 Å². The van der Waals surface area contributed by atoms with Crippen molar-refractivity contribution in [3.8, 4) is 0 Å². The van der Waals surface area contributed by atoms with Gasteiger partial charge in [0, 0.05) is 13.0 Å². The van der Waals surface area contributed by atoms with Crippen molar-refractivity contribution in [2.75, 3.05) is 13.2 Å². The zero-order valence-electron chi connectivity index (χ0n) is 8.08. The summed E-state index contributed by atoms with van der Waals surface area (Å²) in [4.78, 5) is 10.9. The fraction of sp³-hybridized carbons (Fsp3) is 0.889. The molecule has 4 heteroatoms. The quantitative estimate of drug-likeness (QED) is 0.651. The Balaban J connectivity index is 2.61. The highest BCUT2D eigenvalue weighted by molar-refractivity contribution is 5.74. The van der Waals surface area contributed by atoms with Gasteiger partial charge in [0.05, 0.1) is 6.10 Å². The van der Waals surface area contributed by atoms with Gasteiger partial charge in [-0.05, 0) is 31.7 Å². The average Bonchev–Trinajstić information content (AvgIpc) is 2.03. The molecule has 2 unspecified atom stereocenters. The molecule has 0 bridgehead atoms. The smallest absolute Gasteiger partial charge is 0.218 e. The maximum atomic E-state index is 10.9. The van der Waals surface area contributed by atoms with Crippen LogP contribution in [0.25, 0.3) is 0 Å². The van der Waals surface area contributed by atoms with Gasteiger partial charge in [0.25, 0.3) is 0 Å². The van der Waals surface area contributed by atoms with E-state index in [1.54, 1.807) is 0 Å². The molecule has 13 heavy (non-hydrogen) atoms. The minimum atomic E-state index is -0.264. The predicted octanol–water partition coefficient (Wildman–Crippen LogP) is 0.00580. The molecule has 4 nitrogen and oxygen atoms in total. The monoisotopic (exact) mass is 186 g/mol. The van der Waals surface area contributed by atoms with Crippen molar-refractivity contribution < 1.29 is 9.53 Å². The molecule has 1 saturated heterocycles. The Morgan fingerprint density at radius 3 is 2.85 bits per heavy atom. The van der Waals surface area contributed by atoms with Crippen molar-refractivity contribution >= 4 is 5.91 Å². The van der Waals surface area contributed by atoms with Gasteiger partial charge in [-0.3, -0.25) is 4.79 Å². The number of primary amides is 1. The lowest BCUT2D eigenvalue weighted by Gasteiger charge is -2.38. The highest BCUT2D eigenvalue weighted by Crippen LogP contribution is 2.35. The number of hydrogen-bond acceptors (Lipinski definition) is 3. The molecule has 1 aliphatic rings. The lowest BCUT2D eigenvalue weighted by molar-refractivity contribution is -0.123. The molecule has 0 radical (unpaired) electrons. The summed E-state index contributed by atoms with van der Waals surface area (Å²) in [5.41, 5.74) is 10.8. The fourth-order valence-electron chi connectivity index (χ4n) is 2.04. The minimum Gasteiger partial charge on any atom is -0.378 e. The van der Waals surface area contributed by atoms with Gasteiger partial charge in [-0.15, -0.1) is 0 Å². The van der Waals surface area contributed by atoms with Gasteiger partial charge < -0.3 is 16.2 Å². The van der Waals surface area contributed by atoms with Crippen molar-refractivity contribution in [2.24, 2.45) is 16.9 Å². The largest absolute Gasteiger partial charge is 0.378 e. The number of amides is 1. The fourth-order valence-corrected chi connectivity index (χ4v) is 2.04. The SMILES string of the molecule is CC1CC(CN)(CC(N)=O)CCO1. The second-order valence-corrected chi connectivity index (χ2v) is 3.98. The Kier molecular flexibility index (Phi) is 3.27. The summed E-state index contributed by atoms with van der Waals surface area (Å²) >= 11 is 0. The van der Waals surface area contributed by atoms with Crippen LogP contribution in [0.15, 0.2) is 0 Å². The van der Waals surface area contributed by atoms with Crippen LogP contribution in [0, 0.1) is 5.41 Å². The van der Waals surface area contributed by atoms with Crippen LogP contribution in [0.1, 0.15) is 26.2 Å². The number of carbonyl (C=O) groups is 1. The van der Waals surface area contributed by atoms with E-state index in [-0.39, 0.29) is 17.4 Å². The lowest BCUT2D eigenvalue weighted by atomic mass is 9.75. The van der Waals surface area contributed by atoms with Crippen LogP contribution in [-0.2, 0) is 9.53 Å². The van der Waals surface area contributed by atoms with Crippen LogP contribution in [0.2, 0.25) is 0 Å². The zero-order valence-corrected chi connectivity index (χ0v) is 8.08. The Morgan fingerprint density at radius 2 is 2.38 bits per heavy atom. The van der Waals surface area contributed by atoms with Gasteiger partial charge in [-0.1, -0.05) is 0 Å². The molecule has 0 aromatic rings. The molecule has 0 saturated carbocycles. The van der Waals surface area contributed by atoms with Crippen molar-refractivity contribution in [3.05, 3.63) is 0 Å². The van der Waals surface area contributed by atoms with E-state index in [2.05, 4.69) is 0 Å². The van der Waals surface area contributed by atoms with Crippen molar-refractivity contribution in [2.45, 2.75) is 32.3 Å². The Morgan fingerprint density at radius 1 is 1.69 bits per heavy atom. The van der Waals surface area contributed by atoms with E-state index in [0.717, 1.165) is 12.8 Å². The number of ether oxygens (including phenoxy) is 1. The van der Waals surface area contributed by atoms with Gasteiger partial charge in [0.2, 0.25) is 5.91 Å². The first-order chi connectivity index (χ1) is 6.08. The molecule has 2 atom stereocenters. The predicted molar refractivity (Wildman–Crippen MR) is 49.9 cm³/mol. The third kappa shape index (κ3) is 2.67. The molecule has 1 rings (SSSR count). The molecule has 4 N–H and O–H groups in total. The number of hydrogen-bond donors (Lipinski definition) is 2. The summed E-state index contributed by atoms with van der Waals surface area (Å²) in [5.74, 6) is -0.264. The third-order valence-electron chi connectivity index (χ3n) is 2.74. The molecule has 0 spiro atoms. The highest BCUT2D eigenvalue weighted by Gasteiger charge is 2.35. The van der Waals surface area contributed by atoms with Crippen LogP contribution in [0.5, 0.6) is 0 Å². The molecule has 1 heterocycles. The molecule has 0 aromatic carbocycles. The first-order valence-corrected chi connectivity index (χ1v) is 4.68. The molecule has 1 fully saturated rings. The first-order valence-electron chi connectivity index (χ1n) is 4.68. The Labute approximate surface area is 78.6 Å². The van der Waals surface area contributed by atoms with Gasteiger partial charge >= 0.3 is 0 Å². The van der Waals surface area contributed by atoms with E-state index in [1.165, 1.54) is 0 Å². The van der Waals surface area contributed by atoms with Crippen molar-refractivity contribution in [3.63, 3.8) is 0 Å². The van der Waals surface area contributed by atoms with Crippen LogP contribution >= 0.6 is 0 Å². The van der Waals surface area contributed by atoms with Crippen LogP contribution in [0.4, 0.5) is 0 Å². The summed E-state index contributed by atoms with van der Waals surface area (Å²) in [5, 5.41) is 0. The number of rotatable bonds is 3. The minimum absolute atomic E-state index is 0.108. The molecule has 76 valence electrons. The molecular weight excluding hydrogens is 168 g/mol. The lowest BCUT2D eigenvalue weighted by Crippen LogP contribution is -2.42. The summed E-state index contributed by atoms with van der Waals surface area (Å²) in [6.45, 7) is 3.21. The maximum Gasteiger partial charge on any atom is 0.218 e. The Bertz CT molecular complexity index is 196. The molecule has 0 aliphatic carbocycles. The first kappa shape index (κ1) is 10.5. The van der Waals surface area contributed by atoms with Gasteiger partial charge in [-0.25, -0.2) is 0 Å². The second kappa shape index (κ2) is 4.07. The van der Waals surface area contributed by atoms with Gasteiger partial charge in [0.1, 0.15) is 0 Å². The summed E-state index contributed by atoms with van der Waals surface area (Å²) in [6, 6.07) is 0. The zero-order chi connectivity index (χ0) is 9.90. The average molecular weight is 186 g/mol. The molecule has 1 aliphatic heterocycles. The van der Waals surface area contributed by atoms with Crippen LogP contribution in [-0.4, -0.2) is 25.2 Å². The summed E-state index contributed by atoms with van der Waals surface area (Å²) in [7, 11) is 0. The Hall–Kier alpha value is -0.610. The third-order valence-corrected chi connectivity index (χ3v) is 2.74. The van der Waals surface area contributed by atoms with E-state index < -0.39 is 0 Å². The standard InChI is InChI=1S/C9H18N2O2/c1-7-4-9(6-10,2-3-13-7)5-8(11)12/h7H,2-6,10H2,1H3,(H2,11,12). The van der Waals surface area contributed by atoms with E-state index >= 15 is 0 Å². The van der Waals surface area contributed by atoms with E-state index in [9.17, 15) is 4.79 Å². The summed E-state index contributed by atoms with van der Waals surface area (Å²) in [6.07, 6.45) is 2.26. The number of carbonyl (C=O) groups excluding carboxylic acids is 1. The molecular formula is C9H18N2O2. The number of nitrogens with two attached hydrogens (primary N) is 2. The second-order valence-electron chi connectivity index (χ2n) is 3.98. The van der Waals surface area contributed by atoms with E-state index in [0.29, 0.717) is 19.6 Å². The van der Waals surface area contributed by atoms with Gasteiger partial charge in [0.15, 0.2) is 0 Å². The maximum absolute atomic E-state index is 10.9. The summed E-state index contributed by atoms with van der Waals surface area (Å²) < 4.78 is 5.41. The topological polar surface area (TPSA) is 78.3 Å². The van der Waals surface area contributed by atoms with E-state index in [4.69, 9.17) is 16.2 Å².